The minimum absolute atomic E-state index is 0.623. The minimum Gasteiger partial charge on any atom is -0.496 e. The third-order valence-electron chi connectivity index (χ3n) is 3.42. The molecule has 0 atom stereocenters. The Morgan fingerprint density at radius 3 is 2.41 bits per heavy atom. The molecule has 1 aromatic heterocycles. The number of hydrogen-bond acceptors (Lipinski definition) is 5. The van der Waals surface area contributed by atoms with Gasteiger partial charge in [0.15, 0.2) is 5.82 Å². The van der Waals surface area contributed by atoms with Crippen LogP contribution in [0.5, 0.6) is 5.75 Å². The molecule has 5 heteroatoms. The molecule has 0 saturated carbocycles. The highest BCUT2D eigenvalue weighted by Gasteiger charge is 2.05. The van der Waals surface area contributed by atoms with Gasteiger partial charge in [-0.25, -0.2) is 15.4 Å². The van der Waals surface area contributed by atoms with Crippen molar-refractivity contribution in [1.82, 2.24) is 15.4 Å². The standard InChI is InChI=1S/C17H18N4O/c1-12-17(20-15-9-5-4-8-14(15)19-12)21-18-11-13-7-3-6-10-16(13)22-2/h3-10,18H,11H2,1-2H3,(H,20,21). The average molecular weight is 294 g/mol. The molecule has 5 nitrogen and oxygen atoms in total. The number of nitrogens with zero attached hydrogens (tertiary/aromatic N) is 2. The first-order valence-electron chi connectivity index (χ1n) is 7.12. The molecule has 2 N–H and O–H groups in total. The summed E-state index contributed by atoms with van der Waals surface area (Å²) < 4.78 is 5.33. The number of fused-ring (bicyclic) bond motifs is 1. The van der Waals surface area contributed by atoms with E-state index in [9.17, 15) is 0 Å². The Balaban J connectivity index is 1.72. The van der Waals surface area contributed by atoms with E-state index >= 15 is 0 Å². The van der Waals surface area contributed by atoms with Crippen LogP contribution in [0.25, 0.3) is 11.0 Å². The van der Waals surface area contributed by atoms with E-state index in [2.05, 4.69) is 20.8 Å². The van der Waals surface area contributed by atoms with Gasteiger partial charge in [0, 0.05) is 12.1 Å². The maximum Gasteiger partial charge on any atom is 0.162 e. The van der Waals surface area contributed by atoms with E-state index in [0.29, 0.717) is 6.54 Å². The van der Waals surface area contributed by atoms with Crippen molar-refractivity contribution in [2.45, 2.75) is 13.5 Å². The van der Waals surface area contributed by atoms with Gasteiger partial charge in [0.1, 0.15) is 5.75 Å². The van der Waals surface area contributed by atoms with Gasteiger partial charge in [-0.1, -0.05) is 30.3 Å². The van der Waals surface area contributed by atoms with Crippen molar-refractivity contribution >= 4 is 16.9 Å². The zero-order valence-corrected chi connectivity index (χ0v) is 12.6. The molecule has 0 saturated heterocycles. The molecule has 3 rings (SSSR count). The van der Waals surface area contributed by atoms with Crippen LogP contribution in [-0.4, -0.2) is 17.1 Å². The maximum absolute atomic E-state index is 5.33. The topological polar surface area (TPSA) is 59.1 Å². The number of nitrogens with one attached hydrogen (secondary N) is 2. The number of benzene rings is 2. The largest absolute Gasteiger partial charge is 0.496 e. The Labute approximate surface area is 129 Å². The number of aromatic nitrogens is 2. The molecular weight excluding hydrogens is 276 g/mol. The lowest BCUT2D eigenvalue weighted by atomic mass is 10.2. The van der Waals surface area contributed by atoms with Crippen molar-refractivity contribution < 1.29 is 4.74 Å². The Morgan fingerprint density at radius 1 is 0.955 bits per heavy atom. The first-order valence-corrected chi connectivity index (χ1v) is 7.12. The van der Waals surface area contributed by atoms with Crippen LogP contribution >= 0.6 is 0 Å². The van der Waals surface area contributed by atoms with Crippen molar-refractivity contribution in [3.63, 3.8) is 0 Å². The van der Waals surface area contributed by atoms with Crippen LogP contribution in [0.15, 0.2) is 48.5 Å². The van der Waals surface area contributed by atoms with Crippen molar-refractivity contribution in [3.05, 3.63) is 59.8 Å². The first-order chi connectivity index (χ1) is 10.8. The minimum atomic E-state index is 0.623. The molecule has 0 aliphatic carbocycles. The third kappa shape index (κ3) is 2.99. The number of para-hydroxylation sites is 3. The van der Waals surface area contributed by atoms with Gasteiger partial charge in [-0.15, -0.1) is 0 Å². The molecule has 0 bridgehead atoms. The van der Waals surface area contributed by atoms with Crippen LogP contribution in [0.3, 0.4) is 0 Å². The van der Waals surface area contributed by atoms with E-state index in [1.807, 2.05) is 55.5 Å². The molecule has 0 unspecified atom stereocenters. The van der Waals surface area contributed by atoms with E-state index in [1.54, 1.807) is 7.11 Å². The van der Waals surface area contributed by atoms with Gasteiger partial charge in [-0.2, -0.15) is 0 Å². The maximum atomic E-state index is 5.33. The fourth-order valence-electron chi connectivity index (χ4n) is 2.28. The fourth-order valence-corrected chi connectivity index (χ4v) is 2.28. The van der Waals surface area contributed by atoms with Crippen LogP contribution in [0.4, 0.5) is 5.82 Å². The number of hydrazine groups is 1. The van der Waals surface area contributed by atoms with Crippen LogP contribution in [0.2, 0.25) is 0 Å². The molecule has 0 fully saturated rings. The second-order valence-electron chi connectivity index (χ2n) is 4.94. The van der Waals surface area contributed by atoms with Gasteiger partial charge in [0.05, 0.1) is 23.8 Å². The molecule has 3 aromatic rings. The van der Waals surface area contributed by atoms with Crippen molar-refractivity contribution in [2.24, 2.45) is 0 Å². The lowest BCUT2D eigenvalue weighted by molar-refractivity contribution is 0.408. The number of aryl methyl sites for hydroxylation is 1. The molecule has 0 radical (unpaired) electrons. The summed E-state index contributed by atoms with van der Waals surface area (Å²) in [6.07, 6.45) is 0. The zero-order chi connectivity index (χ0) is 15.4. The Hall–Kier alpha value is -2.66. The van der Waals surface area contributed by atoms with E-state index in [1.165, 1.54) is 0 Å². The molecule has 0 aliphatic heterocycles. The SMILES string of the molecule is COc1ccccc1CNNc1nc2ccccc2nc1C. The van der Waals surface area contributed by atoms with Crippen LogP contribution in [0.1, 0.15) is 11.3 Å². The summed E-state index contributed by atoms with van der Waals surface area (Å²) in [6, 6.07) is 15.7. The smallest absolute Gasteiger partial charge is 0.162 e. The second-order valence-corrected chi connectivity index (χ2v) is 4.94. The molecule has 22 heavy (non-hydrogen) atoms. The highest BCUT2D eigenvalue weighted by atomic mass is 16.5. The van der Waals surface area contributed by atoms with E-state index in [4.69, 9.17) is 4.74 Å². The van der Waals surface area contributed by atoms with Gasteiger partial charge in [0.2, 0.25) is 0 Å². The Morgan fingerprint density at radius 2 is 1.64 bits per heavy atom. The van der Waals surface area contributed by atoms with Crippen LogP contribution in [0, 0.1) is 6.92 Å². The quantitative estimate of drug-likeness (QED) is 0.708. The molecule has 112 valence electrons. The normalized spacial score (nSPS) is 10.6. The lowest BCUT2D eigenvalue weighted by Crippen LogP contribution is -2.23. The van der Waals surface area contributed by atoms with E-state index in [-0.39, 0.29) is 0 Å². The van der Waals surface area contributed by atoms with Gasteiger partial charge in [-0.05, 0) is 25.1 Å². The molecule has 1 heterocycles. The highest BCUT2D eigenvalue weighted by molar-refractivity contribution is 5.76. The molecule has 2 aromatic carbocycles. The number of rotatable bonds is 5. The highest BCUT2D eigenvalue weighted by Crippen LogP contribution is 2.18. The van der Waals surface area contributed by atoms with Crippen molar-refractivity contribution in [1.29, 1.82) is 0 Å². The second kappa shape index (κ2) is 6.41. The Bertz CT molecular complexity index is 788. The summed E-state index contributed by atoms with van der Waals surface area (Å²) in [7, 11) is 1.67. The third-order valence-corrected chi connectivity index (χ3v) is 3.42. The summed E-state index contributed by atoms with van der Waals surface area (Å²) in [5, 5.41) is 0. The van der Waals surface area contributed by atoms with Crippen molar-refractivity contribution in [2.75, 3.05) is 12.5 Å². The number of ether oxygens (including phenoxy) is 1. The van der Waals surface area contributed by atoms with Gasteiger partial charge >= 0.3 is 0 Å². The number of hydrogen-bond donors (Lipinski definition) is 2. The Kier molecular flexibility index (Phi) is 4.16. The average Bonchev–Trinajstić information content (AvgIpc) is 2.55. The summed E-state index contributed by atoms with van der Waals surface area (Å²) in [6.45, 7) is 2.56. The summed E-state index contributed by atoms with van der Waals surface area (Å²) in [5.41, 5.74) is 9.99. The fraction of sp³-hybridized carbons (Fsp3) is 0.176. The summed E-state index contributed by atoms with van der Waals surface area (Å²) in [4.78, 5) is 9.13. The lowest BCUT2D eigenvalue weighted by Gasteiger charge is -2.12. The molecule has 0 aliphatic rings. The van der Waals surface area contributed by atoms with Gasteiger partial charge in [-0.3, -0.25) is 0 Å². The molecule has 0 amide bonds. The van der Waals surface area contributed by atoms with E-state index in [0.717, 1.165) is 33.9 Å². The summed E-state index contributed by atoms with van der Waals surface area (Å²) in [5.74, 6) is 1.59. The number of anilines is 1. The van der Waals surface area contributed by atoms with Crippen LogP contribution < -0.4 is 15.6 Å². The van der Waals surface area contributed by atoms with E-state index < -0.39 is 0 Å². The zero-order valence-electron chi connectivity index (χ0n) is 12.6. The summed E-state index contributed by atoms with van der Waals surface area (Å²) >= 11 is 0. The van der Waals surface area contributed by atoms with Crippen LogP contribution in [-0.2, 0) is 6.54 Å². The predicted octanol–water partition coefficient (Wildman–Crippen LogP) is 3.06. The monoisotopic (exact) mass is 294 g/mol. The van der Waals surface area contributed by atoms with Gasteiger partial charge < -0.3 is 10.2 Å². The molecular formula is C17H18N4O. The van der Waals surface area contributed by atoms with Gasteiger partial charge in [0.25, 0.3) is 0 Å². The number of methoxy groups -OCH3 is 1. The first kappa shape index (κ1) is 14.3. The molecule has 0 spiro atoms. The van der Waals surface area contributed by atoms with Crippen molar-refractivity contribution in [3.8, 4) is 5.75 Å². The predicted molar refractivity (Wildman–Crippen MR) is 87.7 cm³/mol.